The Bertz CT molecular complexity index is 831. The van der Waals surface area contributed by atoms with Gasteiger partial charge in [0.05, 0.1) is 23.8 Å². The van der Waals surface area contributed by atoms with Crippen LogP contribution < -0.4 is 9.47 Å². The number of methoxy groups -OCH3 is 1. The van der Waals surface area contributed by atoms with Gasteiger partial charge in [-0.2, -0.15) is 0 Å². The highest BCUT2D eigenvalue weighted by Crippen LogP contribution is 2.37. The fraction of sp³-hybridized carbons (Fsp3) is 0.300. The van der Waals surface area contributed by atoms with Crippen molar-refractivity contribution in [2.75, 3.05) is 20.8 Å². The molecule has 0 N–H and O–H groups in total. The molecule has 28 heavy (non-hydrogen) atoms. The molecular formula is C20H21Cl2NO5. The van der Waals surface area contributed by atoms with Gasteiger partial charge in [0.2, 0.25) is 0 Å². The summed E-state index contributed by atoms with van der Waals surface area (Å²) < 4.78 is 16.1. The van der Waals surface area contributed by atoms with Gasteiger partial charge in [0.25, 0.3) is 0 Å². The second kappa shape index (κ2) is 10.8. The number of oxime groups is 1. The normalized spacial score (nSPS) is 11.1. The van der Waals surface area contributed by atoms with Crippen molar-refractivity contribution >= 4 is 34.9 Å². The Kier molecular flexibility index (Phi) is 8.42. The molecule has 0 saturated carbocycles. The van der Waals surface area contributed by atoms with Crippen molar-refractivity contribution in [3.63, 3.8) is 0 Å². The third kappa shape index (κ3) is 5.53. The summed E-state index contributed by atoms with van der Waals surface area (Å²) in [5.41, 5.74) is 1.29. The summed E-state index contributed by atoms with van der Waals surface area (Å²) in [5.74, 6) is 0.285. The molecule has 0 amide bonds. The van der Waals surface area contributed by atoms with Gasteiger partial charge in [0, 0.05) is 17.7 Å². The fourth-order valence-corrected chi connectivity index (χ4v) is 2.96. The van der Waals surface area contributed by atoms with Gasteiger partial charge in [-0.3, -0.25) is 0 Å². The van der Waals surface area contributed by atoms with Crippen LogP contribution in [0.4, 0.5) is 0 Å². The Morgan fingerprint density at radius 3 is 2.36 bits per heavy atom. The molecule has 0 spiro atoms. The lowest BCUT2D eigenvalue weighted by Crippen LogP contribution is -2.19. The van der Waals surface area contributed by atoms with Crippen LogP contribution in [0.3, 0.4) is 0 Å². The summed E-state index contributed by atoms with van der Waals surface area (Å²) in [4.78, 5) is 16.8. The molecule has 0 aliphatic carbocycles. The molecule has 0 heterocycles. The largest absolute Gasteiger partial charge is 0.490 e. The maximum Gasteiger partial charge on any atom is 0.360 e. The number of carbonyl (C=O) groups is 1. The minimum absolute atomic E-state index is 0.0450. The lowest BCUT2D eigenvalue weighted by molar-refractivity contribution is -0.132. The summed E-state index contributed by atoms with van der Waals surface area (Å²) >= 11 is 12.5. The van der Waals surface area contributed by atoms with Gasteiger partial charge in [-0.25, -0.2) is 4.79 Å². The van der Waals surface area contributed by atoms with E-state index in [1.165, 1.54) is 14.2 Å². The van der Waals surface area contributed by atoms with Gasteiger partial charge >= 0.3 is 5.97 Å². The number of esters is 1. The second-order valence-electron chi connectivity index (χ2n) is 5.62. The molecule has 2 rings (SSSR count). The van der Waals surface area contributed by atoms with E-state index >= 15 is 0 Å². The van der Waals surface area contributed by atoms with Crippen LogP contribution in [-0.2, 0) is 21.0 Å². The third-order valence-electron chi connectivity index (χ3n) is 3.65. The predicted octanol–water partition coefficient (Wildman–Crippen LogP) is 4.88. The Morgan fingerprint density at radius 1 is 1.07 bits per heavy atom. The first kappa shape index (κ1) is 21.9. The van der Waals surface area contributed by atoms with Crippen molar-refractivity contribution in [1.82, 2.24) is 0 Å². The number of halogens is 2. The van der Waals surface area contributed by atoms with E-state index < -0.39 is 5.97 Å². The summed E-state index contributed by atoms with van der Waals surface area (Å²) in [5, 5.41) is 4.50. The smallest absolute Gasteiger partial charge is 0.360 e. The average molecular weight is 426 g/mol. The van der Waals surface area contributed by atoms with Crippen LogP contribution >= 0.6 is 23.2 Å². The van der Waals surface area contributed by atoms with Gasteiger partial charge < -0.3 is 19.0 Å². The highest BCUT2D eigenvalue weighted by Gasteiger charge is 2.19. The monoisotopic (exact) mass is 425 g/mol. The molecule has 2 aromatic carbocycles. The summed E-state index contributed by atoms with van der Waals surface area (Å²) in [6.45, 7) is 2.66. The van der Waals surface area contributed by atoms with Crippen molar-refractivity contribution in [1.29, 1.82) is 0 Å². The second-order valence-corrected chi connectivity index (χ2v) is 6.44. The van der Waals surface area contributed by atoms with Gasteiger partial charge in [-0.1, -0.05) is 59.5 Å². The molecule has 0 aliphatic rings. The van der Waals surface area contributed by atoms with Crippen LogP contribution in [0.25, 0.3) is 0 Å². The highest BCUT2D eigenvalue weighted by atomic mass is 35.5. The molecule has 0 fully saturated rings. The number of benzene rings is 2. The van der Waals surface area contributed by atoms with E-state index in [1.54, 1.807) is 24.3 Å². The van der Waals surface area contributed by atoms with Gasteiger partial charge in [0.15, 0.2) is 11.5 Å². The summed E-state index contributed by atoms with van der Waals surface area (Å²) in [6, 6.07) is 10.4. The maximum absolute atomic E-state index is 12.0. The molecule has 0 radical (unpaired) electrons. The molecular weight excluding hydrogens is 405 g/mol. The zero-order valence-electron chi connectivity index (χ0n) is 15.8. The Morgan fingerprint density at radius 2 is 1.75 bits per heavy atom. The van der Waals surface area contributed by atoms with Crippen LogP contribution in [0.5, 0.6) is 11.5 Å². The first-order valence-corrected chi connectivity index (χ1v) is 9.29. The quantitative estimate of drug-likeness (QED) is 0.325. The first-order valence-electron chi connectivity index (χ1n) is 8.54. The molecule has 0 aliphatic heterocycles. The number of rotatable bonds is 9. The molecule has 0 unspecified atom stereocenters. The van der Waals surface area contributed by atoms with E-state index in [2.05, 4.69) is 5.16 Å². The fourth-order valence-electron chi connectivity index (χ4n) is 2.38. The van der Waals surface area contributed by atoms with Gasteiger partial charge in [-0.05, 0) is 12.0 Å². The van der Waals surface area contributed by atoms with Crippen molar-refractivity contribution in [2.24, 2.45) is 5.16 Å². The Labute approximate surface area is 173 Å². The molecule has 6 nitrogen and oxygen atoms in total. The first-order chi connectivity index (χ1) is 13.5. The van der Waals surface area contributed by atoms with Gasteiger partial charge in [0.1, 0.15) is 19.5 Å². The molecule has 0 bridgehead atoms. The average Bonchev–Trinajstić information content (AvgIpc) is 2.69. The molecule has 0 aromatic heterocycles. The number of hydrogen-bond acceptors (Lipinski definition) is 6. The van der Waals surface area contributed by atoms with E-state index in [0.29, 0.717) is 39.3 Å². The molecule has 2 aromatic rings. The number of ether oxygens (including phenoxy) is 3. The predicted molar refractivity (Wildman–Crippen MR) is 109 cm³/mol. The number of hydrogen-bond donors (Lipinski definition) is 0. The lowest BCUT2D eigenvalue weighted by atomic mass is 10.0. The zero-order chi connectivity index (χ0) is 20.5. The summed E-state index contributed by atoms with van der Waals surface area (Å²) in [7, 11) is 2.63. The highest BCUT2D eigenvalue weighted by molar-refractivity contribution is 6.43. The van der Waals surface area contributed by atoms with Crippen molar-refractivity contribution < 1.29 is 23.8 Å². The zero-order valence-corrected chi connectivity index (χ0v) is 17.3. The van der Waals surface area contributed by atoms with E-state index in [0.717, 1.165) is 6.42 Å². The van der Waals surface area contributed by atoms with Gasteiger partial charge in [-0.15, -0.1) is 0 Å². The molecule has 0 atom stereocenters. The minimum Gasteiger partial charge on any atom is -0.490 e. The topological polar surface area (TPSA) is 66.3 Å². The van der Waals surface area contributed by atoms with Crippen LogP contribution in [0.15, 0.2) is 41.6 Å². The lowest BCUT2D eigenvalue weighted by Gasteiger charge is -2.14. The van der Waals surface area contributed by atoms with Crippen molar-refractivity contribution in [2.45, 2.75) is 20.0 Å². The Hall–Kier alpha value is -2.44. The standard InChI is InChI=1S/C20H21Cl2NO5/c1-4-9-27-19-16(21)10-14(11-17(19)22)28-12-13-7-5-6-8-15(13)18(23-26-3)20(24)25-2/h5-8,10-11H,4,9,12H2,1-3H3. The maximum atomic E-state index is 12.0. The van der Waals surface area contributed by atoms with Crippen molar-refractivity contribution in [3.8, 4) is 11.5 Å². The van der Waals surface area contributed by atoms with E-state index in [9.17, 15) is 4.79 Å². The van der Waals surface area contributed by atoms with Crippen LogP contribution in [-0.4, -0.2) is 32.5 Å². The molecule has 8 heteroatoms. The van der Waals surface area contributed by atoms with E-state index in [1.807, 2.05) is 19.1 Å². The van der Waals surface area contributed by atoms with Crippen LogP contribution in [0, 0.1) is 0 Å². The Balaban J connectivity index is 2.24. The number of nitrogens with zero attached hydrogens (tertiary/aromatic N) is 1. The van der Waals surface area contributed by atoms with E-state index in [4.69, 9.17) is 42.3 Å². The molecule has 150 valence electrons. The van der Waals surface area contributed by atoms with Crippen LogP contribution in [0.2, 0.25) is 10.0 Å². The third-order valence-corrected chi connectivity index (χ3v) is 4.21. The minimum atomic E-state index is -0.613. The SMILES string of the molecule is CCCOc1c(Cl)cc(OCc2ccccc2C(=NOC)C(=O)OC)cc1Cl. The van der Waals surface area contributed by atoms with Crippen molar-refractivity contribution in [3.05, 3.63) is 57.6 Å². The van der Waals surface area contributed by atoms with Crippen LogP contribution in [0.1, 0.15) is 24.5 Å². The van der Waals surface area contributed by atoms with E-state index in [-0.39, 0.29) is 12.3 Å². The molecule has 0 saturated heterocycles. The number of carbonyl (C=O) groups excluding carboxylic acids is 1. The summed E-state index contributed by atoms with van der Waals surface area (Å²) in [6.07, 6.45) is 0.841.